The number of morpholine rings is 1. The molecular formula is C17H25NO4S. The third-order valence-corrected chi connectivity index (χ3v) is 5.11. The first-order valence-electron chi connectivity index (χ1n) is 7.65. The lowest BCUT2D eigenvalue weighted by Crippen LogP contribution is -2.63. The average Bonchev–Trinajstić information content (AvgIpc) is 2.62. The summed E-state index contributed by atoms with van der Waals surface area (Å²) >= 11 is 1.65. The standard InChI is InChI=1S/C17H25NO4S/c1-17(16(20-2)21-3,18-9-11-22-12-10-18)15(19)13-5-7-14(23-4)8-6-13/h5-8,16H,9-12H2,1-4H3. The highest BCUT2D eigenvalue weighted by atomic mass is 32.2. The van der Waals surface area contributed by atoms with Gasteiger partial charge in [0.15, 0.2) is 12.1 Å². The third kappa shape index (κ3) is 3.78. The molecule has 1 fully saturated rings. The summed E-state index contributed by atoms with van der Waals surface area (Å²) in [6.07, 6.45) is 1.37. The van der Waals surface area contributed by atoms with Crippen molar-refractivity contribution in [3.05, 3.63) is 29.8 Å². The van der Waals surface area contributed by atoms with Gasteiger partial charge in [-0.05, 0) is 25.3 Å². The Kier molecular flexibility index (Phi) is 6.61. The van der Waals surface area contributed by atoms with E-state index in [2.05, 4.69) is 4.90 Å². The smallest absolute Gasteiger partial charge is 0.188 e. The first-order valence-corrected chi connectivity index (χ1v) is 8.87. The Labute approximate surface area is 142 Å². The van der Waals surface area contributed by atoms with E-state index in [0.717, 1.165) is 4.90 Å². The number of hydrogen-bond donors (Lipinski definition) is 0. The molecule has 0 saturated carbocycles. The molecule has 0 N–H and O–H groups in total. The van der Waals surface area contributed by atoms with Crippen molar-refractivity contribution in [2.75, 3.05) is 46.8 Å². The minimum Gasteiger partial charge on any atom is -0.379 e. The average molecular weight is 339 g/mol. The van der Waals surface area contributed by atoms with E-state index in [0.29, 0.717) is 31.9 Å². The van der Waals surface area contributed by atoms with Gasteiger partial charge in [-0.3, -0.25) is 9.69 Å². The van der Waals surface area contributed by atoms with Crippen molar-refractivity contribution >= 4 is 17.5 Å². The van der Waals surface area contributed by atoms with Crippen molar-refractivity contribution in [3.63, 3.8) is 0 Å². The number of methoxy groups -OCH3 is 2. The number of Topliss-reactive ketones (excluding diaryl/α,β-unsaturated/α-hetero) is 1. The molecule has 1 saturated heterocycles. The Bertz CT molecular complexity index is 512. The Hall–Kier alpha value is -0.920. The summed E-state index contributed by atoms with van der Waals surface area (Å²) in [5, 5.41) is 0. The Morgan fingerprint density at radius 2 is 1.78 bits per heavy atom. The Morgan fingerprint density at radius 3 is 2.26 bits per heavy atom. The van der Waals surface area contributed by atoms with Crippen molar-refractivity contribution in [3.8, 4) is 0 Å². The molecule has 1 unspecified atom stereocenters. The second kappa shape index (κ2) is 8.26. The lowest BCUT2D eigenvalue weighted by atomic mass is 9.88. The largest absolute Gasteiger partial charge is 0.379 e. The van der Waals surface area contributed by atoms with Gasteiger partial charge >= 0.3 is 0 Å². The van der Waals surface area contributed by atoms with Crippen LogP contribution in [-0.2, 0) is 14.2 Å². The molecule has 1 aliphatic heterocycles. The summed E-state index contributed by atoms with van der Waals surface area (Å²) in [5.74, 6) is 0.000697. The van der Waals surface area contributed by atoms with Gasteiger partial charge < -0.3 is 14.2 Å². The number of rotatable bonds is 7. The van der Waals surface area contributed by atoms with Crippen LogP contribution >= 0.6 is 11.8 Å². The predicted molar refractivity (Wildman–Crippen MR) is 91.2 cm³/mol. The lowest BCUT2D eigenvalue weighted by Gasteiger charge is -2.45. The van der Waals surface area contributed by atoms with E-state index in [9.17, 15) is 4.79 Å². The number of nitrogens with zero attached hydrogens (tertiary/aromatic N) is 1. The summed E-state index contributed by atoms with van der Waals surface area (Å²) in [4.78, 5) is 16.5. The van der Waals surface area contributed by atoms with Crippen LogP contribution in [0.25, 0.3) is 0 Å². The van der Waals surface area contributed by atoms with E-state index < -0.39 is 11.8 Å². The molecular weight excluding hydrogens is 314 g/mol. The molecule has 1 aromatic rings. The van der Waals surface area contributed by atoms with Gasteiger partial charge in [0.1, 0.15) is 5.54 Å². The van der Waals surface area contributed by atoms with Gasteiger partial charge in [-0.2, -0.15) is 0 Å². The molecule has 0 aromatic heterocycles. The fourth-order valence-electron chi connectivity index (χ4n) is 3.02. The minimum absolute atomic E-state index is 0.000697. The van der Waals surface area contributed by atoms with Crippen molar-refractivity contribution < 1.29 is 19.0 Å². The molecule has 0 aliphatic carbocycles. The summed E-state index contributed by atoms with van der Waals surface area (Å²) < 4.78 is 16.4. The summed E-state index contributed by atoms with van der Waals surface area (Å²) in [5.41, 5.74) is -0.232. The SMILES string of the molecule is COC(OC)C(C)(C(=O)c1ccc(SC)cc1)N1CCOCC1. The Morgan fingerprint density at radius 1 is 1.22 bits per heavy atom. The molecule has 0 bridgehead atoms. The quantitative estimate of drug-likeness (QED) is 0.432. The van der Waals surface area contributed by atoms with Crippen molar-refractivity contribution in [2.45, 2.75) is 23.6 Å². The molecule has 128 valence electrons. The van der Waals surface area contributed by atoms with Crippen molar-refractivity contribution in [2.24, 2.45) is 0 Å². The molecule has 0 amide bonds. The minimum atomic E-state index is -0.895. The normalized spacial score (nSPS) is 18.8. The maximum atomic E-state index is 13.3. The number of ether oxygens (including phenoxy) is 3. The molecule has 1 heterocycles. The van der Waals surface area contributed by atoms with Gasteiger partial charge in [-0.25, -0.2) is 0 Å². The third-order valence-electron chi connectivity index (χ3n) is 4.37. The van der Waals surface area contributed by atoms with Crippen molar-refractivity contribution in [1.29, 1.82) is 0 Å². The van der Waals surface area contributed by atoms with Gasteiger partial charge in [0.2, 0.25) is 0 Å². The van der Waals surface area contributed by atoms with E-state index >= 15 is 0 Å². The fraction of sp³-hybridized carbons (Fsp3) is 0.588. The zero-order valence-corrected chi connectivity index (χ0v) is 15.0. The number of hydrogen-bond acceptors (Lipinski definition) is 6. The molecule has 2 rings (SSSR count). The van der Waals surface area contributed by atoms with Crippen LogP contribution in [0, 0.1) is 0 Å². The van der Waals surface area contributed by atoms with Gasteiger partial charge in [-0.1, -0.05) is 12.1 Å². The fourth-order valence-corrected chi connectivity index (χ4v) is 3.43. The van der Waals surface area contributed by atoms with Gasteiger partial charge in [0, 0.05) is 37.8 Å². The maximum Gasteiger partial charge on any atom is 0.188 e. The number of benzene rings is 1. The highest BCUT2D eigenvalue weighted by molar-refractivity contribution is 7.98. The first-order chi connectivity index (χ1) is 11.1. The molecule has 0 spiro atoms. The molecule has 5 nitrogen and oxygen atoms in total. The summed E-state index contributed by atoms with van der Waals surface area (Å²) in [7, 11) is 3.13. The van der Waals surface area contributed by atoms with E-state index in [1.54, 1.807) is 26.0 Å². The van der Waals surface area contributed by atoms with E-state index in [1.165, 1.54) is 0 Å². The number of ketones is 1. The zero-order valence-electron chi connectivity index (χ0n) is 14.2. The molecule has 6 heteroatoms. The summed E-state index contributed by atoms with van der Waals surface area (Å²) in [6.45, 7) is 4.45. The summed E-state index contributed by atoms with van der Waals surface area (Å²) in [6, 6.07) is 7.67. The van der Waals surface area contributed by atoms with Crippen LogP contribution < -0.4 is 0 Å². The van der Waals surface area contributed by atoms with Crippen LogP contribution in [0.3, 0.4) is 0 Å². The number of carbonyl (C=O) groups excluding carboxylic acids is 1. The van der Waals surface area contributed by atoms with E-state index in [-0.39, 0.29) is 5.78 Å². The van der Waals surface area contributed by atoms with Crippen LogP contribution in [0.5, 0.6) is 0 Å². The van der Waals surface area contributed by atoms with Crippen LogP contribution in [0.1, 0.15) is 17.3 Å². The van der Waals surface area contributed by atoms with Crippen LogP contribution in [0.15, 0.2) is 29.2 Å². The van der Waals surface area contributed by atoms with Crippen molar-refractivity contribution in [1.82, 2.24) is 4.90 Å². The predicted octanol–water partition coefficient (Wildman–Crippen LogP) is 2.30. The highest BCUT2D eigenvalue weighted by Crippen LogP contribution is 2.29. The number of thioether (sulfide) groups is 1. The van der Waals surface area contributed by atoms with E-state index in [4.69, 9.17) is 14.2 Å². The lowest BCUT2D eigenvalue weighted by molar-refractivity contribution is -0.177. The zero-order chi connectivity index (χ0) is 16.9. The monoisotopic (exact) mass is 339 g/mol. The van der Waals surface area contributed by atoms with Crippen LogP contribution in [-0.4, -0.2) is 69.3 Å². The first kappa shape index (κ1) is 18.4. The van der Waals surface area contributed by atoms with Crippen LogP contribution in [0.2, 0.25) is 0 Å². The molecule has 1 aromatic carbocycles. The topological polar surface area (TPSA) is 48.0 Å². The molecule has 1 aliphatic rings. The second-order valence-corrected chi connectivity index (χ2v) is 6.49. The Balaban J connectivity index is 2.36. The maximum absolute atomic E-state index is 13.3. The molecule has 23 heavy (non-hydrogen) atoms. The second-order valence-electron chi connectivity index (χ2n) is 5.61. The molecule has 1 atom stereocenters. The van der Waals surface area contributed by atoms with Gasteiger partial charge in [-0.15, -0.1) is 11.8 Å². The highest BCUT2D eigenvalue weighted by Gasteiger charge is 2.48. The van der Waals surface area contributed by atoms with Gasteiger partial charge in [0.05, 0.1) is 13.2 Å². The van der Waals surface area contributed by atoms with E-state index in [1.807, 2.05) is 37.4 Å². The molecule has 0 radical (unpaired) electrons. The van der Waals surface area contributed by atoms with Crippen LogP contribution in [0.4, 0.5) is 0 Å². The van der Waals surface area contributed by atoms with Gasteiger partial charge in [0.25, 0.3) is 0 Å². The number of carbonyl (C=O) groups is 1.